The van der Waals surface area contributed by atoms with E-state index in [-0.39, 0.29) is 0 Å². The second kappa shape index (κ2) is 5.01. The fourth-order valence-corrected chi connectivity index (χ4v) is 2.56. The second-order valence-electron chi connectivity index (χ2n) is 5.43. The van der Waals surface area contributed by atoms with Crippen molar-refractivity contribution in [1.82, 2.24) is 0 Å². The Labute approximate surface area is 99.0 Å². The summed E-state index contributed by atoms with van der Waals surface area (Å²) in [6.07, 6.45) is 3.93. The summed E-state index contributed by atoms with van der Waals surface area (Å²) in [7, 11) is 0. The van der Waals surface area contributed by atoms with Crippen LogP contribution in [0.25, 0.3) is 0 Å². The molecule has 1 nitrogen and oxygen atoms in total. The van der Waals surface area contributed by atoms with Gasteiger partial charge in [-0.15, -0.1) is 0 Å². The first-order valence-corrected chi connectivity index (χ1v) is 6.49. The molecule has 2 atom stereocenters. The largest absolute Gasteiger partial charge is 0.330 e. The maximum Gasteiger partial charge on any atom is -0.00461 e. The third-order valence-electron chi connectivity index (χ3n) is 4.02. The summed E-state index contributed by atoms with van der Waals surface area (Å²) < 4.78 is 0. The summed E-state index contributed by atoms with van der Waals surface area (Å²) in [5.41, 5.74) is 8.66. The Kier molecular flexibility index (Phi) is 3.65. The lowest BCUT2D eigenvalue weighted by Gasteiger charge is -2.36. The molecule has 1 saturated carbocycles. The first-order chi connectivity index (χ1) is 7.70. The van der Waals surface area contributed by atoms with Crippen molar-refractivity contribution in [3.63, 3.8) is 0 Å². The molecule has 0 amide bonds. The standard InChI is InChI=1S/C15H23N/c1-11(2)13-5-3-12(4-6-13)9-14-7-8-15(14)10-16/h3-6,11,14-15H,7-10,16H2,1-2H3. The molecule has 2 N–H and O–H groups in total. The van der Waals surface area contributed by atoms with E-state index in [1.807, 2.05) is 0 Å². The number of hydrogen-bond donors (Lipinski definition) is 1. The highest BCUT2D eigenvalue weighted by atomic mass is 14.6. The zero-order chi connectivity index (χ0) is 11.5. The van der Waals surface area contributed by atoms with Crippen molar-refractivity contribution in [2.75, 3.05) is 6.54 Å². The molecule has 1 aromatic rings. The Bertz CT molecular complexity index is 324. The fourth-order valence-electron chi connectivity index (χ4n) is 2.56. The lowest BCUT2D eigenvalue weighted by molar-refractivity contribution is 0.183. The van der Waals surface area contributed by atoms with E-state index in [2.05, 4.69) is 38.1 Å². The topological polar surface area (TPSA) is 26.0 Å². The summed E-state index contributed by atoms with van der Waals surface area (Å²) in [5, 5.41) is 0. The molecule has 1 aliphatic rings. The molecule has 0 radical (unpaired) electrons. The van der Waals surface area contributed by atoms with Gasteiger partial charge in [0.2, 0.25) is 0 Å². The molecule has 0 heterocycles. The van der Waals surface area contributed by atoms with Gasteiger partial charge in [-0.25, -0.2) is 0 Å². The van der Waals surface area contributed by atoms with E-state index in [9.17, 15) is 0 Å². The Morgan fingerprint density at radius 2 is 1.75 bits per heavy atom. The van der Waals surface area contributed by atoms with E-state index >= 15 is 0 Å². The van der Waals surface area contributed by atoms with Crippen molar-refractivity contribution in [2.45, 2.75) is 39.0 Å². The monoisotopic (exact) mass is 217 g/mol. The normalized spacial score (nSPS) is 24.5. The van der Waals surface area contributed by atoms with Crippen LogP contribution in [0.4, 0.5) is 0 Å². The van der Waals surface area contributed by atoms with Gasteiger partial charge in [-0.05, 0) is 54.7 Å². The number of hydrogen-bond acceptors (Lipinski definition) is 1. The van der Waals surface area contributed by atoms with E-state index in [0.717, 1.165) is 18.4 Å². The van der Waals surface area contributed by atoms with Crippen LogP contribution in [0.5, 0.6) is 0 Å². The SMILES string of the molecule is CC(C)c1ccc(CC2CCC2CN)cc1. The van der Waals surface area contributed by atoms with Gasteiger partial charge in [0.1, 0.15) is 0 Å². The molecule has 1 fully saturated rings. The van der Waals surface area contributed by atoms with Gasteiger partial charge in [0, 0.05) is 0 Å². The molecule has 88 valence electrons. The van der Waals surface area contributed by atoms with Crippen LogP contribution in [-0.2, 0) is 6.42 Å². The van der Waals surface area contributed by atoms with Crippen LogP contribution in [0.2, 0.25) is 0 Å². The number of nitrogens with two attached hydrogens (primary N) is 1. The van der Waals surface area contributed by atoms with E-state index in [0.29, 0.717) is 5.92 Å². The Morgan fingerprint density at radius 1 is 1.12 bits per heavy atom. The molecule has 0 aromatic heterocycles. The lowest BCUT2D eigenvalue weighted by Crippen LogP contribution is -2.33. The molecule has 0 bridgehead atoms. The van der Waals surface area contributed by atoms with Crippen molar-refractivity contribution < 1.29 is 0 Å². The third-order valence-corrected chi connectivity index (χ3v) is 4.02. The average molecular weight is 217 g/mol. The van der Waals surface area contributed by atoms with Crippen LogP contribution in [0.15, 0.2) is 24.3 Å². The van der Waals surface area contributed by atoms with Gasteiger partial charge in [0.15, 0.2) is 0 Å². The summed E-state index contributed by atoms with van der Waals surface area (Å²) >= 11 is 0. The van der Waals surface area contributed by atoms with Crippen LogP contribution < -0.4 is 5.73 Å². The summed E-state index contributed by atoms with van der Waals surface area (Å²) in [6, 6.07) is 9.13. The highest BCUT2D eigenvalue weighted by Crippen LogP contribution is 2.36. The van der Waals surface area contributed by atoms with Crippen molar-refractivity contribution in [2.24, 2.45) is 17.6 Å². The van der Waals surface area contributed by atoms with Crippen molar-refractivity contribution in [3.05, 3.63) is 35.4 Å². The van der Waals surface area contributed by atoms with Gasteiger partial charge in [-0.2, -0.15) is 0 Å². The van der Waals surface area contributed by atoms with E-state index in [1.165, 1.54) is 30.4 Å². The molecule has 2 rings (SSSR count). The molecular formula is C15H23N. The van der Waals surface area contributed by atoms with Crippen LogP contribution in [0.1, 0.15) is 43.7 Å². The van der Waals surface area contributed by atoms with Gasteiger partial charge in [0.05, 0.1) is 0 Å². The predicted molar refractivity (Wildman–Crippen MR) is 69.5 cm³/mol. The number of benzene rings is 1. The smallest absolute Gasteiger partial charge is 0.00461 e. The summed E-state index contributed by atoms with van der Waals surface area (Å²) in [6.45, 7) is 5.35. The molecule has 0 aliphatic heterocycles. The fraction of sp³-hybridized carbons (Fsp3) is 0.600. The van der Waals surface area contributed by atoms with Gasteiger partial charge >= 0.3 is 0 Å². The molecule has 0 spiro atoms. The predicted octanol–water partition coefficient (Wildman–Crippen LogP) is 3.34. The minimum Gasteiger partial charge on any atom is -0.330 e. The minimum absolute atomic E-state index is 0.634. The molecule has 1 aliphatic carbocycles. The highest BCUT2D eigenvalue weighted by molar-refractivity contribution is 5.25. The van der Waals surface area contributed by atoms with Gasteiger partial charge < -0.3 is 5.73 Å². The summed E-state index contributed by atoms with van der Waals surface area (Å²) in [4.78, 5) is 0. The quantitative estimate of drug-likeness (QED) is 0.822. The zero-order valence-electron chi connectivity index (χ0n) is 10.4. The van der Waals surface area contributed by atoms with E-state index in [1.54, 1.807) is 0 Å². The van der Waals surface area contributed by atoms with Crippen molar-refractivity contribution >= 4 is 0 Å². The number of rotatable bonds is 4. The first kappa shape index (κ1) is 11.7. The van der Waals surface area contributed by atoms with Gasteiger partial charge in [-0.3, -0.25) is 0 Å². The molecule has 2 unspecified atom stereocenters. The molecule has 0 saturated heterocycles. The van der Waals surface area contributed by atoms with Crippen LogP contribution in [0, 0.1) is 11.8 Å². The molecular weight excluding hydrogens is 194 g/mol. The Hall–Kier alpha value is -0.820. The van der Waals surface area contributed by atoms with Crippen molar-refractivity contribution in [1.29, 1.82) is 0 Å². The zero-order valence-corrected chi connectivity index (χ0v) is 10.4. The van der Waals surface area contributed by atoms with Crippen LogP contribution >= 0.6 is 0 Å². The average Bonchev–Trinajstić information content (AvgIpc) is 2.26. The summed E-state index contributed by atoms with van der Waals surface area (Å²) in [5.74, 6) is 2.26. The molecule has 1 heteroatoms. The maximum absolute atomic E-state index is 5.74. The minimum atomic E-state index is 0.634. The van der Waals surface area contributed by atoms with Crippen LogP contribution in [-0.4, -0.2) is 6.54 Å². The maximum atomic E-state index is 5.74. The molecule has 16 heavy (non-hydrogen) atoms. The van der Waals surface area contributed by atoms with Crippen LogP contribution in [0.3, 0.4) is 0 Å². The Morgan fingerprint density at radius 3 is 2.19 bits per heavy atom. The Balaban J connectivity index is 1.95. The molecule has 1 aromatic carbocycles. The first-order valence-electron chi connectivity index (χ1n) is 6.49. The van der Waals surface area contributed by atoms with Gasteiger partial charge in [0.25, 0.3) is 0 Å². The van der Waals surface area contributed by atoms with E-state index < -0.39 is 0 Å². The highest BCUT2D eigenvalue weighted by Gasteiger charge is 2.29. The lowest BCUT2D eigenvalue weighted by atomic mass is 9.71. The second-order valence-corrected chi connectivity index (χ2v) is 5.43. The van der Waals surface area contributed by atoms with Crippen molar-refractivity contribution in [3.8, 4) is 0 Å². The van der Waals surface area contributed by atoms with Gasteiger partial charge in [-0.1, -0.05) is 38.1 Å². The third kappa shape index (κ3) is 2.46. The van der Waals surface area contributed by atoms with E-state index in [4.69, 9.17) is 5.73 Å².